The second-order valence-corrected chi connectivity index (χ2v) is 4.84. The highest BCUT2D eigenvalue weighted by atomic mass is 16.5. The molecule has 1 fully saturated rings. The van der Waals surface area contributed by atoms with Gasteiger partial charge in [-0.1, -0.05) is 0 Å². The molecule has 0 N–H and O–H groups in total. The van der Waals surface area contributed by atoms with Crippen molar-refractivity contribution in [3.8, 4) is 0 Å². The van der Waals surface area contributed by atoms with E-state index in [1.165, 1.54) is 12.8 Å². The van der Waals surface area contributed by atoms with Crippen molar-refractivity contribution in [1.29, 1.82) is 0 Å². The maximum Gasteiger partial charge on any atom is 0.308 e. The van der Waals surface area contributed by atoms with Crippen molar-refractivity contribution in [2.45, 2.75) is 31.7 Å². The molecule has 1 aromatic rings. The molecule has 1 aliphatic carbocycles. The van der Waals surface area contributed by atoms with Gasteiger partial charge in [0.15, 0.2) is 0 Å². The molecule has 0 unspecified atom stereocenters. The normalized spacial score (nSPS) is 23.4. The molecule has 1 saturated carbocycles. The highest BCUT2D eigenvalue weighted by Gasteiger charge is 2.28. The molecule has 98 valence electrons. The molecule has 2 rings (SSSR count). The van der Waals surface area contributed by atoms with Gasteiger partial charge in [-0.3, -0.25) is 9.78 Å². The van der Waals surface area contributed by atoms with E-state index in [-0.39, 0.29) is 11.9 Å². The lowest BCUT2D eigenvalue weighted by atomic mass is 9.85. The quantitative estimate of drug-likeness (QED) is 0.769. The van der Waals surface area contributed by atoms with E-state index >= 15 is 0 Å². The fraction of sp³-hybridized carbons (Fsp3) is 0.571. The summed E-state index contributed by atoms with van der Waals surface area (Å²) in [6, 6.07) is 4.55. The summed E-state index contributed by atoms with van der Waals surface area (Å²) >= 11 is 0. The number of rotatable bonds is 3. The van der Waals surface area contributed by atoms with Crippen molar-refractivity contribution >= 4 is 11.7 Å². The molecular formula is C14H20N2O2. The highest BCUT2D eigenvalue weighted by molar-refractivity contribution is 5.72. The van der Waals surface area contributed by atoms with Crippen molar-refractivity contribution < 1.29 is 9.53 Å². The summed E-state index contributed by atoms with van der Waals surface area (Å²) in [4.78, 5) is 17.8. The van der Waals surface area contributed by atoms with Crippen molar-refractivity contribution in [1.82, 2.24) is 4.98 Å². The Kier molecular flexibility index (Phi) is 4.18. The molecule has 0 spiro atoms. The number of carbonyl (C=O) groups is 1. The number of nitrogens with zero attached hydrogens (tertiary/aromatic N) is 2. The molecule has 4 heteroatoms. The number of hydrogen-bond donors (Lipinski definition) is 0. The Hall–Kier alpha value is -1.58. The van der Waals surface area contributed by atoms with Gasteiger partial charge in [0.2, 0.25) is 0 Å². The highest BCUT2D eigenvalue weighted by Crippen LogP contribution is 2.29. The summed E-state index contributed by atoms with van der Waals surface area (Å²) in [6.07, 6.45) is 7.55. The van der Waals surface area contributed by atoms with Crippen LogP contribution in [-0.4, -0.2) is 31.2 Å². The van der Waals surface area contributed by atoms with E-state index in [1.54, 1.807) is 0 Å². The Balaban J connectivity index is 1.92. The number of hydrogen-bond acceptors (Lipinski definition) is 4. The van der Waals surface area contributed by atoms with Crippen molar-refractivity contribution in [2.75, 3.05) is 19.1 Å². The van der Waals surface area contributed by atoms with Crippen LogP contribution in [0.4, 0.5) is 5.69 Å². The van der Waals surface area contributed by atoms with Crippen molar-refractivity contribution in [3.05, 3.63) is 24.5 Å². The SMILES string of the molecule is COC(=O)C1CCC(N(C)c2ccncc2)CC1. The average Bonchev–Trinajstić information content (AvgIpc) is 2.47. The molecule has 1 aliphatic rings. The molecule has 0 atom stereocenters. The largest absolute Gasteiger partial charge is 0.469 e. The van der Waals surface area contributed by atoms with Crippen molar-refractivity contribution in [3.63, 3.8) is 0 Å². The van der Waals surface area contributed by atoms with E-state index in [2.05, 4.69) is 16.9 Å². The zero-order chi connectivity index (χ0) is 13.0. The molecule has 0 saturated heterocycles. The van der Waals surface area contributed by atoms with Crippen LogP contribution < -0.4 is 4.90 Å². The van der Waals surface area contributed by atoms with E-state index in [9.17, 15) is 4.79 Å². The monoisotopic (exact) mass is 248 g/mol. The number of pyridine rings is 1. The van der Waals surface area contributed by atoms with Crippen LogP contribution in [0.25, 0.3) is 0 Å². The van der Waals surface area contributed by atoms with Crippen LogP contribution in [0.3, 0.4) is 0 Å². The third-order valence-corrected chi connectivity index (χ3v) is 3.85. The summed E-state index contributed by atoms with van der Waals surface area (Å²) in [6.45, 7) is 0. The van der Waals surface area contributed by atoms with Gasteiger partial charge in [0.25, 0.3) is 0 Å². The van der Waals surface area contributed by atoms with Crippen LogP contribution in [0.5, 0.6) is 0 Å². The summed E-state index contributed by atoms with van der Waals surface area (Å²) < 4.78 is 4.81. The molecular weight excluding hydrogens is 228 g/mol. The number of esters is 1. The fourth-order valence-corrected chi connectivity index (χ4v) is 2.66. The van der Waals surface area contributed by atoms with Crippen LogP contribution in [0.15, 0.2) is 24.5 Å². The van der Waals surface area contributed by atoms with Gasteiger partial charge in [0.1, 0.15) is 0 Å². The molecule has 0 bridgehead atoms. The average molecular weight is 248 g/mol. The zero-order valence-electron chi connectivity index (χ0n) is 11.0. The van der Waals surface area contributed by atoms with Crippen LogP contribution >= 0.6 is 0 Å². The van der Waals surface area contributed by atoms with Gasteiger partial charge < -0.3 is 9.64 Å². The van der Waals surface area contributed by atoms with Gasteiger partial charge in [-0.05, 0) is 37.8 Å². The second-order valence-electron chi connectivity index (χ2n) is 4.84. The van der Waals surface area contributed by atoms with Gasteiger partial charge in [-0.15, -0.1) is 0 Å². The molecule has 0 aliphatic heterocycles. The topological polar surface area (TPSA) is 42.4 Å². The van der Waals surface area contributed by atoms with E-state index in [0.717, 1.165) is 25.7 Å². The minimum atomic E-state index is -0.0555. The Morgan fingerprint density at radius 2 is 1.89 bits per heavy atom. The van der Waals surface area contributed by atoms with Crippen LogP contribution in [-0.2, 0) is 9.53 Å². The Bertz CT molecular complexity index is 386. The summed E-state index contributed by atoms with van der Waals surface area (Å²) in [5, 5.41) is 0. The lowest BCUT2D eigenvalue weighted by Gasteiger charge is -2.35. The van der Waals surface area contributed by atoms with Gasteiger partial charge in [-0.2, -0.15) is 0 Å². The van der Waals surface area contributed by atoms with Crippen LogP contribution in [0.1, 0.15) is 25.7 Å². The predicted molar refractivity (Wildman–Crippen MR) is 70.4 cm³/mol. The molecule has 0 amide bonds. The smallest absolute Gasteiger partial charge is 0.308 e. The van der Waals surface area contributed by atoms with Gasteiger partial charge in [0, 0.05) is 31.2 Å². The van der Waals surface area contributed by atoms with E-state index < -0.39 is 0 Å². The third kappa shape index (κ3) is 2.81. The maximum absolute atomic E-state index is 11.5. The van der Waals surface area contributed by atoms with E-state index in [1.807, 2.05) is 24.5 Å². The standard InChI is InChI=1S/C14H20N2O2/c1-16(13-7-9-15-10-8-13)12-5-3-11(4-6-12)14(17)18-2/h7-12H,3-6H2,1-2H3. The Morgan fingerprint density at radius 1 is 1.28 bits per heavy atom. The third-order valence-electron chi connectivity index (χ3n) is 3.85. The number of anilines is 1. The number of methoxy groups -OCH3 is 1. The molecule has 1 aromatic heterocycles. The predicted octanol–water partition coefficient (Wildman–Crippen LogP) is 2.25. The maximum atomic E-state index is 11.5. The molecule has 0 radical (unpaired) electrons. The zero-order valence-corrected chi connectivity index (χ0v) is 11.0. The summed E-state index contributed by atoms with van der Waals surface area (Å²) in [5.41, 5.74) is 1.19. The van der Waals surface area contributed by atoms with Gasteiger partial charge in [0.05, 0.1) is 13.0 Å². The van der Waals surface area contributed by atoms with Crippen LogP contribution in [0, 0.1) is 5.92 Å². The molecule has 4 nitrogen and oxygen atoms in total. The first kappa shape index (κ1) is 12.9. The Labute approximate surface area is 108 Å². The van der Waals surface area contributed by atoms with Gasteiger partial charge in [-0.25, -0.2) is 0 Å². The van der Waals surface area contributed by atoms with E-state index in [0.29, 0.717) is 6.04 Å². The second kappa shape index (κ2) is 5.85. The minimum Gasteiger partial charge on any atom is -0.469 e. The molecule has 18 heavy (non-hydrogen) atoms. The van der Waals surface area contributed by atoms with Crippen LogP contribution in [0.2, 0.25) is 0 Å². The minimum absolute atomic E-state index is 0.0555. The lowest BCUT2D eigenvalue weighted by Crippen LogP contribution is -2.36. The number of ether oxygens (including phenoxy) is 1. The first-order valence-electron chi connectivity index (χ1n) is 6.43. The first-order valence-corrected chi connectivity index (χ1v) is 6.43. The number of carbonyl (C=O) groups excluding carboxylic acids is 1. The fourth-order valence-electron chi connectivity index (χ4n) is 2.66. The summed E-state index contributed by atoms with van der Waals surface area (Å²) in [5.74, 6) is 0.0390. The van der Waals surface area contributed by atoms with Gasteiger partial charge >= 0.3 is 5.97 Å². The van der Waals surface area contributed by atoms with Crippen molar-refractivity contribution in [2.24, 2.45) is 5.92 Å². The lowest BCUT2D eigenvalue weighted by molar-refractivity contribution is -0.146. The summed E-state index contributed by atoms with van der Waals surface area (Å²) in [7, 11) is 3.58. The first-order chi connectivity index (χ1) is 8.72. The molecule has 1 heterocycles. The number of aromatic nitrogens is 1. The van der Waals surface area contributed by atoms with E-state index in [4.69, 9.17) is 4.74 Å². The molecule has 0 aromatic carbocycles. The Morgan fingerprint density at radius 3 is 2.44 bits per heavy atom.